The Hall–Kier alpha value is -2.88. The third-order valence-corrected chi connectivity index (χ3v) is 3.22. The maximum absolute atomic E-state index is 11.6. The van der Waals surface area contributed by atoms with Crippen LogP contribution >= 0.6 is 0 Å². The molecule has 124 valence electrons. The predicted octanol–water partition coefficient (Wildman–Crippen LogP) is 3.81. The zero-order valence-corrected chi connectivity index (χ0v) is 13.4. The number of esters is 2. The SMILES string of the molecule is O=C(C/C=C/CC(=O)OCc1ccccc1)OCc1ccccc1. The molecular formula is C20H20O4. The second kappa shape index (κ2) is 10.0. The van der Waals surface area contributed by atoms with Crippen LogP contribution in [0.1, 0.15) is 24.0 Å². The van der Waals surface area contributed by atoms with Crippen LogP contribution in [0.5, 0.6) is 0 Å². The summed E-state index contributed by atoms with van der Waals surface area (Å²) in [6.45, 7) is 0.513. The Kier molecular flexibility index (Phi) is 7.28. The number of hydrogen-bond acceptors (Lipinski definition) is 4. The summed E-state index contributed by atoms with van der Waals surface area (Å²) in [6, 6.07) is 19.0. The Bertz CT molecular complexity index is 603. The molecule has 0 atom stereocenters. The monoisotopic (exact) mass is 324 g/mol. The van der Waals surface area contributed by atoms with E-state index >= 15 is 0 Å². The van der Waals surface area contributed by atoms with Crippen molar-refractivity contribution in [2.24, 2.45) is 0 Å². The van der Waals surface area contributed by atoms with Crippen LogP contribution in [0.2, 0.25) is 0 Å². The van der Waals surface area contributed by atoms with Crippen LogP contribution in [0.4, 0.5) is 0 Å². The largest absolute Gasteiger partial charge is 0.461 e. The van der Waals surface area contributed by atoms with E-state index in [9.17, 15) is 9.59 Å². The first-order valence-electron chi connectivity index (χ1n) is 7.78. The summed E-state index contributed by atoms with van der Waals surface area (Å²) in [4.78, 5) is 23.2. The van der Waals surface area contributed by atoms with Gasteiger partial charge in [-0.1, -0.05) is 72.8 Å². The third kappa shape index (κ3) is 6.92. The highest BCUT2D eigenvalue weighted by Gasteiger charge is 2.02. The lowest BCUT2D eigenvalue weighted by molar-refractivity contribution is -0.145. The molecule has 0 heterocycles. The average Bonchev–Trinajstić information content (AvgIpc) is 2.63. The van der Waals surface area contributed by atoms with E-state index in [1.807, 2.05) is 60.7 Å². The summed E-state index contributed by atoms with van der Waals surface area (Å²) in [7, 11) is 0. The van der Waals surface area contributed by atoms with E-state index in [2.05, 4.69) is 0 Å². The number of benzene rings is 2. The van der Waals surface area contributed by atoms with Crippen LogP contribution in [0.25, 0.3) is 0 Å². The molecule has 0 saturated heterocycles. The molecule has 0 radical (unpaired) electrons. The van der Waals surface area contributed by atoms with Crippen molar-refractivity contribution in [3.63, 3.8) is 0 Å². The van der Waals surface area contributed by atoms with Crippen molar-refractivity contribution in [3.05, 3.63) is 83.9 Å². The first kappa shape index (κ1) is 17.5. The zero-order valence-electron chi connectivity index (χ0n) is 13.4. The summed E-state index contributed by atoms with van der Waals surface area (Å²) in [5.74, 6) is -0.652. The predicted molar refractivity (Wildman–Crippen MR) is 90.9 cm³/mol. The third-order valence-electron chi connectivity index (χ3n) is 3.22. The van der Waals surface area contributed by atoms with Gasteiger partial charge in [-0.3, -0.25) is 9.59 Å². The van der Waals surface area contributed by atoms with E-state index in [1.165, 1.54) is 0 Å². The molecule has 0 amide bonds. The van der Waals surface area contributed by atoms with Crippen LogP contribution in [0.3, 0.4) is 0 Å². The van der Waals surface area contributed by atoms with E-state index in [4.69, 9.17) is 9.47 Å². The van der Waals surface area contributed by atoms with Gasteiger partial charge in [0.25, 0.3) is 0 Å². The molecule has 2 aromatic rings. The van der Waals surface area contributed by atoms with Gasteiger partial charge in [0.2, 0.25) is 0 Å². The van der Waals surface area contributed by atoms with E-state index in [0.717, 1.165) is 11.1 Å². The second-order valence-electron chi connectivity index (χ2n) is 5.17. The molecular weight excluding hydrogens is 304 g/mol. The van der Waals surface area contributed by atoms with Crippen molar-refractivity contribution in [2.45, 2.75) is 26.1 Å². The van der Waals surface area contributed by atoms with E-state index in [1.54, 1.807) is 12.2 Å². The van der Waals surface area contributed by atoms with Gasteiger partial charge in [-0.15, -0.1) is 0 Å². The Morgan fingerprint density at radius 3 is 1.42 bits per heavy atom. The van der Waals surface area contributed by atoms with Gasteiger partial charge in [-0.2, -0.15) is 0 Å². The second-order valence-corrected chi connectivity index (χ2v) is 5.17. The number of carbonyl (C=O) groups excluding carboxylic acids is 2. The van der Waals surface area contributed by atoms with Gasteiger partial charge in [0, 0.05) is 0 Å². The number of hydrogen-bond donors (Lipinski definition) is 0. The van der Waals surface area contributed by atoms with Crippen molar-refractivity contribution in [3.8, 4) is 0 Å². The van der Waals surface area contributed by atoms with Crippen LogP contribution in [-0.2, 0) is 32.3 Å². The highest BCUT2D eigenvalue weighted by molar-refractivity contribution is 5.73. The maximum Gasteiger partial charge on any atom is 0.309 e. The Labute approximate surface area is 141 Å². The highest BCUT2D eigenvalue weighted by Crippen LogP contribution is 2.04. The van der Waals surface area contributed by atoms with Crippen LogP contribution in [0, 0.1) is 0 Å². The van der Waals surface area contributed by atoms with Crippen LogP contribution < -0.4 is 0 Å². The molecule has 4 heteroatoms. The molecule has 0 unspecified atom stereocenters. The molecule has 0 aliphatic heterocycles. The first-order chi connectivity index (χ1) is 11.7. The van der Waals surface area contributed by atoms with Gasteiger partial charge in [0.05, 0.1) is 12.8 Å². The molecule has 0 N–H and O–H groups in total. The summed E-state index contributed by atoms with van der Waals surface area (Å²) in [5, 5.41) is 0. The lowest BCUT2D eigenvalue weighted by Crippen LogP contribution is -2.04. The van der Waals surface area contributed by atoms with E-state index in [-0.39, 0.29) is 38.0 Å². The van der Waals surface area contributed by atoms with Gasteiger partial charge < -0.3 is 9.47 Å². The van der Waals surface area contributed by atoms with Gasteiger partial charge in [0.15, 0.2) is 0 Å². The summed E-state index contributed by atoms with van der Waals surface area (Å²) >= 11 is 0. The van der Waals surface area contributed by atoms with Gasteiger partial charge in [0.1, 0.15) is 13.2 Å². The summed E-state index contributed by atoms with van der Waals surface area (Å²) in [5.41, 5.74) is 1.89. The topological polar surface area (TPSA) is 52.6 Å². The van der Waals surface area contributed by atoms with Crippen molar-refractivity contribution in [1.29, 1.82) is 0 Å². The fraction of sp³-hybridized carbons (Fsp3) is 0.200. The fourth-order valence-electron chi connectivity index (χ4n) is 1.95. The van der Waals surface area contributed by atoms with Crippen LogP contribution in [0.15, 0.2) is 72.8 Å². The summed E-state index contributed by atoms with van der Waals surface area (Å²) in [6.07, 6.45) is 3.52. The van der Waals surface area contributed by atoms with Gasteiger partial charge in [-0.25, -0.2) is 0 Å². The number of carbonyl (C=O) groups is 2. The standard InChI is InChI=1S/C20H20O4/c21-19(23-15-17-9-3-1-4-10-17)13-7-8-14-20(22)24-16-18-11-5-2-6-12-18/h1-12H,13-16H2/b8-7+. The number of rotatable bonds is 8. The zero-order chi connectivity index (χ0) is 17.0. The quantitative estimate of drug-likeness (QED) is 0.547. The van der Waals surface area contributed by atoms with Gasteiger partial charge in [-0.05, 0) is 11.1 Å². The van der Waals surface area contributed by atoms with Crippen molar-refractivity contribution < 1.29 is 19.1 Å². The molecule has 0 aliphatic rings. The average molecular weight is 324 g/mol. The molecule has 0 aliphatic carbocycles. The highest BCUT2D eigenvalue weighted by atomic mass is 16.5. The molecule has 0 spiro atoms. The first-order valence-corrected chi connectivity index (χ1v) is 7.78. The molecule has 0 fully saturated rings. The number of ether oxygens (including phenoxy) is 2. The minimum Gasteiger partial charge on any atom is -0.461 e. The lowest BCUT2D eigenvalue weighted by atomic mass is 10.2. The molecule has 4 nitrogen and oxygen atoms in total. The fourth-order valence-corrected chi connectivity index (χ4v) is 1.95. The molecule has 0 aromatic heterocycles. The Morgan fingerprint density at radius 2 is 1.04 bits per heavy atom. The normalized spacial score (nSPS) is 10.5. The minimum atomic E-state index is -0.326. The van der Waals surface area contributed by atoms with Crippen LogP contribution in [-0.4, -0.2) is 11.9 Å². The summed E-state index contributed by atoms with van der Waals surface area (Å²) < 4.78 is 10.3. The lowest BCUT2D eigenvalue weighted by Gasteiger charge is -2.03. The Balaban J connectivity index is 1.59. The molecule has 2 rings (SSSR count). The van der Waals surface area contributed by atoms with E-state index < -0.39 is 0 Å². The minimum absolute atomic E-state index is 0.138. The molecule has 0 bridgehead atoms. The van der Waals surface area contributed by atoms with Crippen molar-refractivity contribution >= 4 is 11.9 Å². The molecule has 0 saturated carbocycles. The maximum atomic E-state index is 11.6. The molecule has 2 aromatic carbocycles. The molecule has 24 heavy (non-hydrogen) atoms. The smallest absolute Gasteiger partial charge is 0.309 e. The van der Waals surface area contributed by atoms with Crippen molar-refractivity contribution in [1.82, 2.24) is 0 Å². The Morgan fingerprint density at radius 1 is 0.667 bits per heavy atom. The van der Waals surface area contributed by atoms with Crippen molar-refractivity contribution in [2.75, 3.05) is 0 Å². The van der Waals surface area contributed by atoms with E-state index in [0.29, 0.717) is 0 Å². The van der Waals surface area contributed by atoms with Gasteiger partial charge >= 0.3 is 11.9 Å².